The van der Waals surface area contributed by atoms with Gasteiger partial charge in [-0.15, -0.1) is 34.0 Å². The molecule has 0 spiro atoms. The molecule has 86 heavy (non-hydrogen) atoms. The van der Waals surface area contributed by atoms with Crippen LogP contribution in [0, 0.1) is 83.1 Å². The Morgan fingerprint density at radius 1 is 0.453 bits per heavy atom. The van der Waals surface area contributed by atoms with E-state index in [1.165, 1.54) is 227 Å². The SMILES string of the molecule is Brc1cc2c(s1)CC(CNC13CC4CC(CC(C4)C1)C3)=C2.CC1=C(CNC23CC4CC(CC(C4)C2)C3)Cc2ccccc21.CC1=C(CNC23CC4CC(CC(C4)C2)C3)Cc2scc(C)c21.Fc1cc2c(s1)CC(CNC13CC4CC(CC(C4)C1)C3)=C2. The van der Waals surface area contributed by atoms with Gasteiger partial charge in [0.05, 0.1) is 3.79 Å². The smallest absolute Gasteiger partial charge is 0.177 e. The summed E-state index contributed by atoms with van der Waals surface area (Å²) in [6.07, 6.45) is 44.8. The molecule has 4 nitrogen and oxygen atoms in total. The van der Waals surface area contributed by atoms with Gasteiger partial charge < -0.3 is 21.3 Å². The lowest BCUT2D eigenvalue weighted by molar-refractivity contribution is -0.0184. The third-order valence-corrected chi connectivity index (χ3v) is 30.4. The molecule has 16 saturated carbocycles. The third kappa shape index (κ3) is 11.2. The first-order chi connectivity index (χ1) is 41.7. The quantitative estimate of drug-likeness (QED) is 0.114. The molecule has 20 aliphatic rings. The number of nitrogens with one attached hydrogen (secondary N) is 4. The zero-order valence-electron chi connectivity index (χ0n) is 52.2. The van der Waals surface area contributed by atoms with Crippen LogP contribution in [0.15, 0.2) is 67.9 Å². The highest BCUT2D eigenvalue weighted by Gasteiger charge is 2.54. The molecule has 24 rings (SSSR count). The van der Waals surface area contributed by atoms with Crippen LogP contribution in [0.4, 0.5) is 4.39 Å². The van der Waals surface area contributed by atoms with Crippen molar-refractivity contribution < 1.29 is 4.39 Å². The van der Waals surface area contributed by atoms with Crippen LogP contribution in [0.2, 0.25) is 0 Å². The number of hydrogen-bond donors (Lipinski definition) is 4. The lowest BCUT2D eigenvalue weighted by atomic mass is 9.53. The minimum Gasteiger partial charge on any atom is -0.307 e. The van der Waals surface area contributed by atoms with Crippen LogP contribution in [-0.2, 0) is 25.7 Å². The molecule has 1 aromatic carbocycles. The predicted molar refractivity (Wildman–Crippen MR) is 363 cm³/mol. The van der Waals surface area contributed by atoms with E-state index in [1.807, 2.05) is 22.7 Å². The third-order valence-electron chi connectivity index (χ3n) is 26.7. The summed E-state index contributed by atoms with van der Waals surface area (Å²) in [4.78, 5) is 4.37. The maximum absolute atomic E-state index is 13.2. The molecule has 0 aliphatic heterocycles. The summed E-state index contributed by atoms with van der Waals surface area (Å²) < 4.78 is 14.5. The Balaban J connectivity index is 0.0000000896. The lowest BCUT2D eigenvalue weighted by Gasteiger charge is -2.57. The lowest BCUT2D eigenvalue weighted by Crippen LogP contribution is -2.58. The number of rotatable bonds is 12. The Hall–Kier alpha value is -2.47. The van der Waals surface area contributed by atoms with Gasteiger partial charge in [-0.25, -0.2) is 0 Å². The molecule has 3 heterocycles. The van der Waals surface area contributed by atoms with E-state index in [4.69, 9.17) is 0 Å². The van der Waals surface area contributed by atoms with Gasteiger partial charge >= 0.3 is 0 Å². The normalized spacial score (nSPS) is 39.2. The summed E-state index contributed by atoms with van der Waals surface area (Å²) >= 11 is 8.78. The monoisotopic (exact) mass is 1270 g/mol. The van der Waals surface area contributed by atoms with E-state index in [-0.39, 0.29) is 5.13 Å². The van der Waals surface area contributed by atoms with E-state index in [0.29, 0.717) is 22.2 Å². The molecule has 0 radical (unpaired) electrons. The van der Waals surface area contributed by atoms with E-state index < -0.39 is 0 Å². The van der Waals surface area contributed by atoms with Gasteiger partial charge in [0.2, 0.25) is 0 Å². The molecule has 4 N–H and O–H groups in total. The number of allylic oxidation sites excluding steroid dienone is 2. The van der Waals surface area contributed by atoms with Crippen LogP contribution in [0.1, 0.15) is 216 Å². The maximum atomic E-state index is 13.2. The molecular formula is C77H98BrFN4S3. The summed E-state index contributed by atoms with van der Waals surface area (Å²) in [6, 6.07) is 12.9. The molecule has 0 unspecified atom stereocenters. The average molecular weight is 1270 g/mol. The van der Waals surface area contributed by atoms with E-state index in [2.05, 4.69) is 106 Å². The highest BCUT2D eigenvalue weighted by atomic mass is 79.9. The van der Waals surface area contributed by atoms with Crippen molar-refractivity contribution in [2.45, 2.75) is 223 Å². The summed E-state index contributed by atoms with van der Waals surface area (Å²) in [7, 11) is 0. The first-order valence-electron chi connectivity index (χ1n) is 35.2. The number of thiophene rings is 3. The average Bonchev–Trinajstić information content (AvgIpc) is 1.49. The van der Waals surface area contributed by atoms with E-state index >= 15 is 0 Å². The Kier molecular flexibility index (Phi) is 15.0. The van der Waals surface area contributed by atoms with Gasteiger partial charge in [-0.1, -0.05) is 47.6 Å². The summed E-state index contributed by atoms with van der Waals surface area (Å²) in [5, 5.41) is 18.4. The Bertz CT molecular complexity index is 3160. The molecule has 3 aromatic heterocycles. The second-order valence-electron chi connectivity index (χ2n) is 33.2. The Morgan fingerprint density at radius 3 is 1.23 bits per heavy atom. The van der Waals surface area contributed by atoms with E-state index in [1.54, 1.807) is 43.7 Å². The second kappa shape index (κ2) is 22.4. The fourth-order valence-corrected chi connectivity index (χ4v) is 28.4. The molecule has 16 bridgehead atoms. The van der Waals surface area contributed by atoms with Gasteiger partial charge in [-0.2, -0.15) is 4.39 Å². The fraction of sp³-hybridized carbons (Fsp3) is 0.662. The summed E-state index contributed by atoms with van der Waals surface area (Å²) in [5.41, 5.74) is 20.1. The predicted octanol–water partition coefficient (Wildman–Crippen LogP) is 18.9. The van der Waals surface area contributed by atoms with Gasteiger partial charge in [0.25, 0.3) is 0 Å². The van der Waals surface area contributed by atoms with Crippen molar-refractivity contribution in [1.29, 1.82) is 0 Å². The molecule has 4 aromatic rings. The van der Waals surface area contributed by atoms with Crippen LogP contribution in [0.25, 0.3) is 23.3 Å². The van der Waals surface area contributed by atoms with Crippen LogP contribution >= 0.6 is 49.9 Å². The molecule has 0 atom stereocenters. The van der Waals surface area contributed by atoms with Crippen molar-refractivity contribution in [1.82, 2.24) is 21.3 Å². The van der Waals surface area contributed by atoms with Crippen molar-refractivity contribution >= 4 is 73.2 Å². The highest BCUT2D eigenvalue weighted by Crippen LogP contribution is 2.60. The molecule has 0 saturated heterocycles. The molecule has 0 amide bonds. The number of hydrogen-bond acceptors (Lipinski definition) is 7. The molecule has 9 heteroatoms. The fourth-order valence-electron chi connectivity index (χ4n) is 24.6. The van der Waals surface area contributed by atoms with Crippen molar-refractivity contribution in [3.05, 3.63) is 121 Å². The van der Waals surface area contributed by atoms with Crippen molar-refractivity contribution in [2.24, 2.45) is 71.0 Å². The number of halogens is 2. The number of benzene rings is 1. The highest BCUT2D eigenvalue weighted by molar-refractivity contribution is 9.11. The number of fused-ring (bicyclic) bond motifs is 4. The van der Waals surface area contributed by atoms with Gasteiger partial charge in [-0.05, 0) is 341 Å². The molecular weight excluding hydrogens is 1180 g/mol. The first kappa shape index (κ1) is 57.4. The van der Waals surface area contributed by atoms with Crippen LogP contribution in [-0.4, -0.2) is 48.3 Å². The minimum absolute atomic E-state index is 0.0376. The summed E-state index contributed by atoms with van der Waals surface area (Å²) in [5.74, 6) is 12.4. The zero-order chi connectivity index (χ0) is 57.7. The van der Waals surface area contributed by atoms with E-state index in [0.717, 1.165) is 109 Å². The largest absolute Gasteiger partial charge is 0.307 e. The molecule has 458 valence electrons. The van der Waals surface area contributed by atoms with Crippen LogP contribution in [0.3, 0.4) is 0 Å². The van der Waals surface area contributed by atoms with E-state index in [9.17, 15) is 4.39 Å². The Labute approximate surface area is 535 Å². The van der Waals surface area contributed by atoms with Crippen LogP contribution < -0.4 is 21.3 Å². The molecule has 16 fully saturated rings. The minimum atomic E-state index is -0.0376. The first-order valence-corrected chi connectivity index (χ1v) is 38.5. The number of aryl methyl sites for hydroxylation is 1. The van der Waals surface area contributed by atoms with Gasteiger partial charge in [0, 0.05) is 82.2 Å². The second-order valence-corrected chi connectivity index (χ2v) is 37.8. The standard InChI is InChI=1S/C21H27N.C20H27NS.C18H22BrNS.C18H22FNS/c1-14-19(9-18-4-2-3-5-20(14)18)13-22-21-10-15-6-16(11-21)8-17(7-15)12-21;1-12-11-22-18-6-17(13(2)19(12)18)10-21-20-7-14-3-15(8-20)5-16(4-14)9-20;2*19-17-6-15-4-14(5-16(15)21-17)10-20-18-7-11-1-12(8-18)3-13(2-11)9-18/h2-5,15-17,22H,6-13H2,1H3;11,14-16,21H,3-10H2,1-2H3;2*4,6,11-13,20H,1-3,5,7-10H2. The molecule has 20 aliphatic carbocycles. The maximum Gasteiger partial charge on any atom is 0.177 e. The van der Waals surface area contributed by atoms with Gasteiger partial charge in [-0.3, -0.25) is 0 Å². The van der Waals surface area contributed by atoms with Crippen molar-refractivity contribution in [2.75, 3.05) is 26.2 Å². The van der Waals surface area contributed by atoms with Crippen molar-refractivity contribution in [3.8, 4) is 0 Å². The zero-order valence-corrected chi connectivity index (χ0v) is 56.3. The Morgan fingerprint density at radius 2 is 0.837 bits per heavy atom. The van der Waals surface area contributed by atoms with Gasteiger partial charge in [0.15, 0.2) is 5.13 Å². The summed E-state index contributed by atoms with van der Waals surface area (Å²) in [6.45, 7) is 11.3. The topological polar surface area (TPSA) is 48.1 Å². The van der Waals surface area contributed by atoms with Gasteiger partial charge in [0.1, 0.15) is 0 Å². The van der Waals surface area contributed by atoms with Crippen molar-refractivity contribution in [3.63, 3.8) is 0 Å². The van der Waals surface area contributed by atoms with Crippen LogP contribution in [0.5, 0.6) is 0 Å².